The van der Waals surface area contributed by atoms with E-state index in [0.29, 0.717) is 17.5 Å². The van der Waals surface area contributed by atoms with E-state index in [1.54, 1.807) is 0 Å². The fourth-order valence-corrected chi connectivity index (χ4v) is 4.33. The van der Waals surface area contributed by atoms with Crippen molar-refractivity contribution in [3.8, 4) is 11.3 Å². The maximum absolute atomic E-state index is 13.4. The van der Waals surface area contributed by atoms with Gasteiger partial charge in [0.05, 0.1) is 36.4 Å². The molecule has 4 aromatic rings. The normalized spacial score (nSPS) is 13.0. The zero-order valence-corrected chi connectivity index (χ0v) is 19.2. The van der Waals surface area contributed by atoms with Crippen molar-refractivity contribution in [2.45, 2.75) is 30.8 Å². The van der Waals surface area contributed by atoms with Crippen LogP contribution in [0, 0.1) is 5.82 Å². The first kappa shape index (κ1) is 25.2. The molecule has 0 bridgehead atoms. The lowest BCUT2D eigenvalue weighted by molar-refractivity contribution is -0.141. The number of fused-ring (bicyclic) bond motifs is 1. The maximum atomic E-state index is 13.4. The van der Waals surface area contributed by atoms with Crippen molar-refractivity contribution < 1.29 is 35.2 Å². The van der Waals surface area contributed by atoms with E-state index in [4.69, 9.17) is 4.42 Å². The van der Waals surface area contributed by atoms with Crippen molar-refractivity contribution >= 4 is 26.9 Å². The topological polar surface area (TPSA) is 127 Å². The number of amides is 1. The first-order valence-corrected chi connectivity index (χ1v) is 11.7. The minimum Gasteiger partial charge on any atom is -0.443 e. The molecule has 0 saturated carbocycles. The Labute approximate surface area is 201 Å². The first-order valence-electron chi connectivity index (χ1n) is 10.3. The molecule has 0 radical (unpaired) electrons. The van der Waals surface area contributed by atoms with Crippen LogP contribution in [-0.4, -0.2) is 35.3 Å². The van der Waals surface area contributed by atoms with Gasteiger partial charge in [-0.05, 0) is 37.3 Å². The molecular formula is C22H17F4N5O4S. The second-order valence-electron chi connectivity index (χ2n) is 7.63. The smallest absolute Gasteiger partial charge is 0.434 e. The van der Waals surface area contributed by atoms with E-state index in [0.717, 1.165) is 24.4 Å². The van der Waals surface area contributed by atoms with E-state index in [1.165, 1.54) is 31.3 Å². The van der Waals surface area contributed by atoms with Gasteiger partial charge in [0.25, 0.3) is 10.0 Å². The lowest BCUT2D eigenvalue weighted by atomic mass is 10.1. The van der Waals surface area contributed by atoms with Gasteiger partial charge in [-0.2, -0.15) is 17.9 Å². The molecule has 188 valence electrons. The van der Waals surface area contributed by atoms with Crippen LogP contribution in [0.4, 0.5) is 17.6 Å². The number of nitrogens with one attached hydrogen (secondary N) is 2. The van der Waals surface area contributed by atoms with Gasteiger partial charge in [-0.15, -0.1) is 0 Å². The third-order valence-electron chi connectivity index (χ3n) is 4.94. The standard InChI is InChI=1S/C22H17F4N5O4S/c1-12(31-36(33,34)20-8-14-6-15(23)2-3-18(14)35-20)21(32)30-9-16-7-13(4-5-27-16)17-10-29-19(11-28-17)22(24,25)26/h2-8,10-12,31H,9H2,1H3,(H,30,32)/t12-/m0/s1. The molecular weight excluding hydrogens is 506 g/mol. The third kappa shape index (κ3) is 5.66. The van der Waals surface area contributed by atoms with Crippen LogP contribution in [0.3, 0.4) is 0 Å². The highest BCUT2D eigenvalue weighted by atomic mass is 32.2. The van der Waals surface area contributed by atoms with Gasteiger partial charge in [0.15, 0.2) is 5.69 Å². The predicted octanol–water partition coefficient (Wildman–Crippen LogP) is 3.43. The van der Waals surface area contributed by atoms with Gasteiger partial charge in [-0.3, -0.25) is 14.8 Å². The summed E-state index contributed by atoms with van der Waals surface area (Å²) in [4.78, 5) is 23.7. The number of hydrogen-bond acceptors (Lipinski definition) is 7. The predicted molar refractivity (Wildman–Crippen MR) is 118 cm³/mol. The Morgan fingerprint density at radius 1 is 1.08 bits per heavy atom. The van der Waals surface area contributed by atoms with Gasteiger partial charge in [0, 0.05) is 23.2 Å². The van der Waals surface area contributed by atoms with Crippen molar-refractivity contribution in [1.82, 2.24) is 25.0 Å². The summed E-state index contributed by atoms with van der Waals surface area (Å²) in [6.07, 6.45) is -1.64. The van der Waals surface area contributed by atoms with Crippen LogP contribution in [-0.2, 0) is 27.5 Å². The minimum absolute atomic E-state index is 0.100. The van der Waals surface area contributed by atoms with Gasteiger partial charge in [-0.25, -0.2) is 17.8 Å². The number of hydrogen-bond donors (Lipinski definition) is 2. The van der Waals surface area contributed by atoms with Gasteiger partial charge >= 0.3 is 6.18 Å². The summed E-state index contributed by atoms with van der Waals surface area (Å²) in [6.45, 7) is 1.22. The monoisotopic (exact) mass is 523 g/mol. The Morgan fingerprint density at radius 2 is 1.86 bits per heavy atom. The van der Waals surface area contributed by atoms with E-state index < -0.39 is 44.8 Å². The molecule has 14 heteroatoms. The molecule has 3 heterocycles. The van der Waals surface area contributed by atoms with Crippen LogP contribution in [0.1, 0.15) is 18.3 Å². The molecule has 1 atom stereocenters. The molecule has 0 unspecified atom stereocenters. The maximum Gasteiger partial charge on any atom is 0.434 e. The zero-order valence-electron chi connectivity index (χ0n) is 18.4. The Hall–Kier alpha value is -3.91. The highest BCUT2D eigenvalue weighted by Gasteiger charge is 2.32. The number of benzene rings is 1. The SMILES string of the molecule is C[C@H](NS(=O)(=O)c1cc2cc(F)ccc2o1)C(=O)NCc1cc(-c2cnc(C(F)(F)F)cn2)ccn1. The highest BCUT2D eigenvalue weighted by molar-refractivity contribution is 7.89. The summed E-state index contributed by atoms with van der Waals surface area (Å²) in [5, 5.41) is 2.29. The Morgan fingerprint density at radius 3 is 2.56 bits per heavy atom. The molecule has 0 aliphatic heterocycles. The van der Waals surface area contributed by atoms with Gasteiger partial charge in [0.1, 0.15) is 11.4 Å². The summed E-state index contributed by atoms with van der Waals surface area (Å²) in [5.41, 5.74) is -0.0242. The molecule has 4 rings (SSSR count). The number of halogens is 4. The quantitative estimate of drug-likeness (QED) is 0.356. The number of aromatic nitrogens is 3. The molecule has 36 heavy (non-hydrogen) atoms. The van der Waals surface area contributed by atoms with Crippen LogP contribution in [0.15, 0.2) is 64.5 Å². The van der Waals surface area contributed by atoms with Crippen LogP contribution in [0.2, 0.25) is 0 Å². The highest BCUT2D eigenvalue weighted by Crippen LogP contribution is 2.28. The van der Waals surface area contributed by atoms with E-state index in [-0.39, 0.29) is 23.2 Å². The Bertz CT molecular complexity index is 1520. The van der Waals surface area contributed by atoms with E-state index in [2.05, 4.69) is 25.0 Å². The van der Waals surface area contributed by atoms with E-state index in [1.807, 2.05) is 0 Å². The second kappa shape index (κ2) is 9.62. The summed E-state index contributed by atoms with van der Waals surface area (Å²) >= 11 is 0. The molecule has 0 saturated heterocycles. The number of nitrogens with zero attached hydrogens (tertiary/aromatic N) is 3. The largest absolute Gasteiger partial charge is 0.443 e. The zero-order chi connectivity index (χ0) is 26.1. The number of alkyl halides is 3. The lowest BCUT2D eigenvalue weighted by Crippen LogP contribution is -2.44. The number of carbonyl (C=O) groups is 1. The molecule has 0 fully saturated rings. The number of rotatable bonds is 7. The number of carbonyl (C=O) groups excluding carboxylic acids is 1. The molecule has 1 amide bonds. The fraction of sp³-hybridized carbons (Fsp3) is 0.182. The number of pyridine rings is 1. The van der Waals surface area contributed by atoms with Crippen molar-refractivity contribution in [3.05, 3.63) is 72.2 Å². The second-order valence-corrected chi connectivity index (χ2v) is 9.27. The van der Waals surface area contributed by atoms with Crippen LogP contribution < -0.4 is 10.0 Å². The van der Waals surface area contributed by atoms with Crippen LogP contribution >= 0.6 is 0 Å². The lowest BCUT2D eigenvalue weighted by Gasteiger charge is -2.13. The van der Waals surface area contributed by atoms with Crippen molar-refractivity contribution in [2.24, 2.45) is 0 Å². The van der Waals surface area contributed by atoms with Crippen LogP contribution in [0.5, 0.6) is 0 Å². The summed E-state index contributed by atoms with van der Waals surface area (Å²) in [5.74, 6) is -1.24. The number of furan rings is 1. The molecule has 0 aliphatic rings. The van der Waals surface area contributed by atoms with Crippen molar-refractivity contribution in [1.29, 1.82) is 0 Å². The van der Waals surface area contributed by atoms with Gasteiger partial charge in [0.2, 0.25) is 11.0 Å². The molecule has 0 aliphatic carbocycles. The van der Waals surface area contributed by atoms with Crippen LogP contribution in [0.25, 0.3) is 22.2 Å². The number of sulfonamides is 1. The third-order valence-corrected chi connectivity index (χ3v) is 6.34. The minimum atomic E-state index is -4.61. The van der Waals surface area contributed by atoms with E-state index in [9.17, 15) is 30.8 Å². The molecule has 1 aromatic carbocycles. The van der Waals surface area contributed by atoms with E-state index >= 15 is 0 Å². The molecule has 9 nitrogen and oxygen atoms in total. The van der Waals surface area contributed by atoms with Crippen molar-refractivity contribution in [3.63, 3.8) is 0 Å². The first-order chi connectivity index (χ1) is 16.9. The average molecular weight is 523 g/mol. The Balaban J connectivity index is 1.39. The summed E-state index contributed by atoms with van der Waals surface area (Å²) in [7, 11) is -4.23. The van der Waals surface area contributed by atoms with Crippen molar-refractivity contribution in [2.75, 3.05) is 0 Å². The molecule has 3 aromatic heterocycles. The average Bonchev–Trinajstić information content (AvgIpc) is 3.26. The molecule has 2 N–H and O–H groups in total. The van der Waals surface area contributed by atoms with Gasteiger partial charge in [-0.1, -0.05) is 0 Å². The fourth-order valence-electron chi connectivity index (χ4n) is 3.16. The Kier molecular flexibility index (Phi) is 6.73. The molecule has 0 spiro atoms. The summed E-state index contributed by atoms with van der Waals surface area (Å²) in [6, 6.07) is 6.48. The van der Waals surface area contributed by atoms with Gasteiger partial charge < -0.3 is 9.73 Å². The summed E-state index contributed by atoms with van der Waals surface area (Å²) < 4.78 is 84.0.